The standard InChI is InChI=1S/C31H34ClN3O/c1-22-12-13-26(18-23(22)2)29-20-30(27-10-6-7-11-28(27)32)35(33-29)31(36)21-34-16-14-25(15-17-34)19-24-8-4-3-5-9-24/h3-13,18,25,30H,14-17,19-21H2,1-2H3/t30-/m1/s1. The maximum Gasteiger partial charge on any atom is 0.257 e. The highest BCUT2D eigenvalue weighted by Gasteiger charge is 2.35. The van der Waals surface area contributed by atoms with Gasteiger partial charge in [0.25, 0.3) is 5.91 Å². The van der Waals surface area contributed by atoms with Crippen LogP contribution in [0, 0.1) is 19.8 Å². The van der Waals surface area contributed by atoms with Crippen molar-refractivity contribution >= 4 is 23.2 Å². The summed E-state index contributed by atoms with van der Waals surface area (Å²) in [4.78, 5) is 15.9. The normalized spacial score (nSPS) is 18.9. The van der Waals surface area contributed by atoms with Crippen molar-refractivity contribution < 1.29 is 4.79 Å². The van der Waals surface area contributed by atoms with E-state index in [0.29, 0.717) is 23.9 Å². The van der Waals surface area contributed by atoms with E-state index >= 15 is 0 Å². The number of nitrogens with zero attached hydrogens (tertiary/aromatic N) is 3. The van der Waals surface area contributed by atoms with E-state index in [1.54, 1.807) is 5.01 Å². The highest BCUT2D eigenvalue weighted by atomic mass is 35.5. The van der Waals surface area contributed by atoms with Gasteiger partial charge in [-0.3, -0.25) is 9.69 Å². The van der Waals surface area contributed by atoms with Crippen LogP contribution in [0.3, 0.4) is 0 Å². The molecule has 3 aromatic carbocycles. The van der Waals surface area contributed by atoms with Crippen LogP contribution in [0.15, 0.2) is 77.9 Å². The molecule has 0 saturated carbocycles. The summed E-state index contributed by atoms with van der Waals surface area (Å²) in [7, 11) is 0. The maximum absolute atomic E-state index is 13.6. The van der Waals surface area contributed by atoms with E-state index in [4.69, 9.17) is 16.7 Å². The number of benzene rings is 3. The molecule has 1 fully saturated rings. The lowest BCUT2D eigenvalue weighted by Gasteiger charge is -2.33. The molecule has 2 heterocycles. The summed E-state index contributed by atoms with van der Waals surface area (Å²) in [6.45, 7) is 6.51. The third kappa shape index (κ3) is 5.55. The number of hydrogen-bond donors (Lipinski definition) is 0. The third-order valence-corrected chi connectivity index (χ3v) is 8.05. The second kappa shape index (κ2) is 11.0. The summed E-state index contributed by atoms with van der Waals surface area (Å²) < 4.78 is 0. The zero-order valence-corrected chi connectivity index (χ0v) is 21.9. The molecule has 4 nitrogen and oxygen atoms in total. The van der Waals surface area contributed by atoms with E-state index in [0.717, 1.165) is 49.2 Å². The van der Waals surface area contributed by atoms with Crippen molar-refractivity contribution in [1.82, 2.24) is 9.91 Å². The summed E-state index contributed by atoms with van der Waals surface area (Å²) in [5.41, 5.74) is 6.86. The lowest BCUT2D eigenvalue weighted by Crippen LogP contribution is -2.42. The molecule has 0 spiro atoms. The number of hydrazone groups is 1. The van der Waals surface area contributed by atoms with Crippen LogP contribution in [0.4, 0.5) is 0 Å². The topological polar surface area (TPSA) is 35.9 Å². The SMILES string of the molecule is Cc1ccc(C2=NN(C(=O)CN3CCC(Cc4ccccc4)CC3)[C@@H](c3ccccc3Cl)C2)cc1C. The molecule has 3 aromatic rings. The number of rotatable bonds is 6. The van der Waals surface area contributed by atoms with E-state index in [-0.39, 0.29) is 11.9 Å². The van der Waals surface area contributed by atoms with Crippen molar-refractivity contribution in [2.24, 2.45) is 11.0 Å². The van der Waals surface area contributed by atoms with Gasteiger partial charge in [0.05, 0.1) is 18.3 Å². The highest BCUT2D eigenvalue weighted by Crippen LogP contribution is 2.36. The molecule has 36 heavy (non-hydrogen) atoms. The fourth-order valence-corrected chi connectivity index (χ4v) is 5.64. The fourth-order valence-electron chi connectivity index (χ4n) is 5.38. The number of halogens is 1. The van der Waals surface area contributed by atoms with Crippen LogP contribution in [-0.2, 0) is 11.2 Å². The molecule has 2 aliphatic heterocycles. The van der Waals surface area contributed by atoms with Gasteiger partial charge in [-0.25, -0.2) is 5.01 Å². The summed E-state index contributed by atoms with van der Waals surface area (Å²) in [5.74, 6) is 0.719. The summed E-state index contributed by atoms with van der Waals surface area (Å²) in [6.07, 6.45) is 4.02. The maximum atomic E-state index is 13.6. The lowest BCUT2D eigenvalue weighted by atomic mass is 9.90. The Morgan fingerprint density at radius 2 is 1.67 bits per heavy atom. The number of likely N-dealkylation sites (tertiary alicyclic amines) is 1. The molecule has 0 aliphatic carbocycles. The molecule has 5 rings (SSSR count). The summed E-state index contributed by atoms with van der Waals surface area (Å²) in [5, 5.41) is 7.25. The van der Waals surface area contributed by atoms with Crippen LogP contribution >= 0.6 is 11.6 Å². The fraction of sp³-hybridized carbons (Fsp3) is 0.355. The Kier molecular flexibility index (Phi) is 7.54. The second-order valence-corrected chi connectivity index (χ2v) is 10.6. The van der Waals surface area contributed by atoms with E-state index in [9.17, 15) is 4.79 Å². The van der Waals surface area contributed by atoms with Crippen LogP contribution in [0.1, 0.15) is 53.1 Å². The molecule has 186 valence electrons. The second-order valence-electron chi connectivity index (χ2n) is 10.2. The average molecular weight is 500 g/mol. The first-order valence-electron chi connectivity index (χ1n) is 13.0. The Balaban J connectivity index is 1.29. The molecule has 0 N–H and O–H groups in total. The molecule has 0 unspecified atom stereocenters. The average Bonchev–Trinajstić information content (AvgIpc) is 3.33. The minimum absolute atomic E-state index is 0.0419. The van der Waals surface area contributed by atoms with E-state index in [1.807, 2.05) is 24.3 Å². The zero-order chi connectivity index (χ0) is 25.1. The van der Waals surface area contributed by atoms with Crippen molar-refractivity contribution in [1.29, 1.82) is 0 Å². The molecular formula is C31H34ClN3O. The number of aryl methyl sites for hydroxylation is 2. The van der Waals surface area contributed by atoms with Gasteiger partial charge in [-0.2, -0.15) is 5.10 Å². The smallest absolute Gasteiger partial charge is 0.257 e. The first kappa shape index (κ1) is 24.7. The first-order valence-corrected chi connectivity index (χ1v) is 13.3. The van der Waals surface area contributed by atoms with Crippen molar-refractivity contribution in [3.05, 3.63) is 106 Å². The van der Waals surface area contributed by atoms with Gasteiger partial charge in [0.15, 0.2) is 0 Å². The molecule has 1 atom stereocenters. The Labute approximate surface area is 219 Å². The monoisotopic (exact) mass is 499 g/mol. The van der Waals surface area contributed by atoms with Gasteiger partial charge < -0.3 is 0 Å². The minimum Gasteiger partial charge on any atom is -0.294 e. The molecule has 1 saturated heterocycles. The summed E-state index contributed by atoms with van der Waals surface area (Å²) >= 11 is 6.59. The molecular weight excluding hydrogens is 466 g/mol. The van der Waals surface area contributed by atoms with Crippen molar-refractivity contribution in [3.63, 3.8) is 0 Å². The lowest BCUT2D eigenvalue weighted by molar-refractivity contribution is -0.134. The predicted molar refractivity (Wildman–Crippen MR) is 147 cm³/mol. The quantitative estimate of drug-likeness (QED) is 0.383. The van der Waals surface area contributed by atoms with Crippen LogP contribution < -0.4 is 0 Å². The van der Waals surface area contributed by atoms with Gasteiger partial charge in [-0.15, -0.1) is 0 Å². The van der Waals surface area contributed by atoms with Gasteiger partial charge in [-0.05, 0) is 92.1 Å². The number of carbonyl (C=O) groups excluding carboxylic acids is 1. The molecule has 2 aliphatic rings. The van der Waals surface area contributed by atoms with Crippen molar-refractivity contribution in [2.75, 3.05) is 19.6 Å². The van der Waals surface area contributed by atoms with Gasteiger partial charge in [0.1, 0.15) is 0 Å². The first-order chi connectivity index (χ1) is 17.5. The Hall–Kier alpha value is -2.95. The van der Waals surface area contributed by atoms with Crippen LogP contribution in [0.5, 0.6) is 0 Å². The third-order valence-electron chi connectivity index (χ3n) is 7.70. The van der Waals surface area contributed by atoms with Crippen LogP contribution in [0.25, 0.3) is 0 Å². The van der Waals surface area contributed by atoms with Gasteiger partial charge in [0, 0.05) is 11.4 Å². The number of piperidine rings is 1. The number of carbonyl (C=O) groups is 1. The Bertz CT molecular complexity index is 1250. The van der Waals surface area contributed by atoms with Crippen LogP contribution in [-0.4, -0.2) is 41.2 Å². The summed E-state index contributed by atoms with van der Waals surface area (Å²) in [6, 6.07) is 24.8. The molecule has 0 radical (unpaired) electrons. The van der Waals surface area contributed by atoms with Crippen molar-refractivity contribution in [2.45, 2.75) is 45.6 Å². The van der Waals surface area contributed by atoms with E-state index < -0.39 is 0 Å². The largest absolute Gasteiger partial charge is 0.294 e. The van der Waals surface area contributed by atoms with E-state index in [1.165, 1.54) is 16.7 Å². The predicted octanol–water partition coefficient (Wildman–Crippen LogP) is 6.59. The van der Waals surface area contributed by atoms with Gasteiger partial charge in [-0.1, -0.05) is 72.3 Å². The van der Waals surface area contributed by atoms with Gasteiger partial charge in [0.2, 0.25) is 0 Å². The molecule has 5 heteroatoms. The van der Waals surface area contributed by atoms with E-state index in [2.05, 4.69) is 67.3 Å². The van der Waals surface area contributed by atoms with Crippen LogP contribution in [0.2, 0.25) is 5.02 Å². The Morgan fingerprint density at radius 1 is 0.944 bits per heavy atom. The minimum atomic E-state index is -0.182. The molecule has 1 amide bonds. The Morgan fingerprint density at radius 3 is 2.39 bits per heavy atom. The van der Waals surface area contributed by atoms with Crippen molar-refractivity contribution in [3.8, 4) is 0 Å². The van der Waals surface area contributed by atoms with Gasteiger partial charge >= 0.3 is 0 Å². The highest BCUT2D eigenvalue weighted by molar-refractivity contribution is 6.31. The zero-order valence-electron chi connectivity index (χ0n) is 21.2. The number of amides is 1. The number of hydrogen-bond acceptors (Lipinski definition) is 3. The molecule has 0 bridgehead atoms. The molecule has 0 aromatic heterocycles.